The SMILES string of the molecule is Cc1[nH]c(-c2cccc([N+](=O)[O-])c2)nc1CC(=O)O. The number of nitro benzene ring substituents is 1. The number of hydrogen-bond acceptors (Lipinski definition) is 4. The van der Waals surface area contributed by atoms with E-state index in [1.54, 1.807) is 19.1 Å². The minimum absolute atomic E-state index is 0.0358. The lowest BCUT2D eigenvalue weighted by molar-refractivity contribution is -0.384. The number of aliphatic carboxylic acids is 1. The van der Waals surface area contributed by atoms with Gasteiger partial charge in [-0.15, -0.1) is 0 Å². The summed E-state index contributed by atoms with van der Waals surface area (Å²) in [7, 11) is 0. The van der Waals surface area contributed by atoms with Gasteiger partial charge in [0.25, 0.3) is 5.69 Å². The molecule has 7 nitrogen and oxygen atoms in total. The fraction of sp³-hybridized carbons (Fsp3) is 0.167. The first-order valence-corrected chi connectivity index (χ1v) is 5.49. The zero-order valence-corrected chi connectivity index (χ0v) is 10.1. The number of nitrogens with one attached hydrogen (secondary N) is 1. The number of H-pyrrole nitrogens is 1. The Morgan fingerprint density at radius 1 is 1.53 bits per heavy atom. The number of imidazole rings is 1. The van der Waals surface area contributed by atoms with Crippen LogP contribution in [0.2, 0.25) is 0 Å². The number of aromatic amines is 1. The number of hydrogen-bond donors (Lipinski definition) is 2. The van der Waals surface area contributed by atoms with Crippen LogP contribution in [0.4, 0.5) is 5.69 Å². The van der Waals surface area contributed by atoms with E-state index in [2.05, 4.69) is 9.97 Å². The average Bonchev–Trinajstić information content (AvgIpc) is 2.70. The second kappa shape index (κ2) is 4.89. The molecule has 1 aromatic carbocycles. The van der Waals surface area contributed by atoms with Crippen LogP contribution in [0.1, 0.15) is 11.4 Å². The molecule has 0 amide bonds. The molecule has 0 saturated carbocycles. The van der Waals surface area contributed by atoms with Crippen molar-refractivity contribution in [3.05, 3.63) is 45.8 Å². The topological polar surface area (TPSA) is 109 Å². The molecule has 0 fully saturated rings. The zero-order chi connectivity index (χ0) is 14.0. The van der Waals surface area contributed by atoms with Crippen molar-refractivity contribution in [3.63, 3.8) is 0 Å². The van der Waals surface area contributed by atoms with E-state index in [1.165, 1.54) is 12.1 Å². The largest absolute Gasteiger partial charge is 0.481 e. The molecule has 2 rings (SSSR count). The quantitative estimate of drug-likeness (QED) is 0.645. The lowest BCUT2D eigenvalue weighted by Gasteiger charge is -1.96. The molecule has 0 radical (unpaired) electrons. The van der Waals surface area contributed by atoms with Crippen molar-refractivity contribution >= 4 is 11.7 Å². The number of carboxylic acids is 1. The molecule has 0 unspecified atom stereocenters. The van der Waals surface area contributed by atoms with Crippen LogP contribution in [-0.2, 0) is 11.2 Å². The third kappa shape index (κ3) is 2.76. The fourth-order valence-corrected chi connectivity index (χ4v) is 1.72. The minimum atomic E-state index is -0.972. The second-order valence-corrected chi connectivity index (χ2v) is 4.04. The predicted molar refractivity (Wildman–Crippen MR) is 66.8 cm³/mol. The summed E-state index contributed by atoms with van der Waals surface area (Å²) >= 11 is 0. The van der Waals surface area contributed by atoms with Crippen LogP contribution in [0.15, 0.2) is 24.3 Å². The Bertz CT molecular complexity index is 648. The van der Waals surface area contributed by atoms with Crippen molar-refractivity contribution in [1.29, 1.82) is 0 Å². The Labute approximate surface area is 108 Å². The average molecular weight is 261 g/mol. The van der Waals surface area contributed by atoms with Crippen LogP contribution in [0.25, 0.3) is 11.4 Å². The van der Waals surface area contributed by atoms with Gasteiger partial charge in [-0.05, 0) is 6.92 Å². The summed E-state index contributed by atoms with van der Waals surface area (Å²) in [6.45, 7) is 1.71. The number of carboxylic acid groups (broad SMARTS) is 1. The van der Waals surface area contributed by atoms with Gasteiger partial charge in [-0.2, -0.15) is 0 Å². The number of aromatic nitrogens is 2. The normalized spacial score (nSPS) is 10.4. The van der Waals surface area contributed by atoms with Crippen LogP contribution in [0.5, 0.6) is 0 Å². The molecule has 1 aromatic heterocycles. The first-order valence-electron chi connectivity index (χ1n) is 5.49. The van der Waals surface area contributed by atoms with Crippen molar-refractivity contribution in [2.45, 2.75) is 13.3 Å². The van der Waals surface area contributed by atoms with Crippen molar-refractivity contribution in [2.24, 2.45) is 0 Å². The number of nitro groups is 1. The summed E-state index contributed by atoms with van der Waals surface area (Å²) in [5.41, 5.74) is 1.58. The van der Waals surface area contributed by atoms with E-state index in [9.17, 15) is 14.9 Å². The lowest BCUT2D eigenvalue weighted by atomic mass is 10.2. The number of carbonyl (C=O) groups is 1. The minimum Gasteiger partial charge on any atom is -0.481 e. The molecule has 0 aliphatic carbocycles. The molecule has 1 heterocycles. The molecule has 19 heavy (non-hydrogen) atoms. The highest BCUT2D eigenvalue weighted by molar-refractivity contribution is 5.70. The molecule has 0 aliphatic rings. The van der Waals surface area contributed by atoms with E-state index in [0.29, 0.717) is 22.8 Å². The Morgan fingerprint density at radius 3 is 2.89 bits per heavy atom. The Morgan fingerprint density at radius 2 is 2.26 bits per heavy atom. The van der Waals surface area contributed by atoms with Gasteiger partial charge in [0.05, 0.1) is 17.0 Å². The molecule has 0 aliphatic heterocycles. The monoisotopic (exact) mass is 261 g/mol. The Kier molecular flexibility index (Phi) is 3.28. The van der Waals surface area contributed by atoms with Crippen LogP contribution >= 0.6 is 0 Å². The van der Waals surface area contributed by atoms with Crippen molar-refractivity contribution in [1.82, 2.24) is 9.97 Å². The van der Waals surface area contributed by atoms with Crippen molar-refractivity contribution in [2.75, 3.05) is 0 Å². The Hall–Kier alpha value is -2.70. The van der Waals surface area contributed by atoms with E-state index < -0.39 is 10.9 Å². The van der Waals surface area contributed by atoms with E-state index in [0.717, 1.165) is 0 Å². The van der Waals surface area contributed by atoms with Gasteiger partial charge in [-0.3, -0.25) is 14.9 Å². The van der Waals surface area contributed by atoms with Gasteiger partial charge in [0.2, 0.25) is 0 Å². The number of non-ortho nitro benzene ring substituents is 1. The number of aryl methyl sites for hydroxylation is 1. The smallest absolute Gasteiger partial charge is 0.309 e. The standard InChI is InChI=1S/C12H11N3O4/c1-7-10(6-11(16)17)14-12(13-7)8-3-2-4-9(5-8)15(18)19/h2-5H,6H2,1H3,(H,13,14)(H,16,17). The molecule has 2 aromatic rings. The van der Waals surface area contributed by atoms with E-state index in [1.807, 2.05) is 0 Å². The van der Waals surface area contributed by atoms with Crippen LogP contribution in [0, 0.1) is 17.0 Å². The van der Waals surface area contributed by atoms with E-state index >= 15 is 0 Å². The third-order valence-electron chi connectivity index (χ3n) is 2.63. The zero-order valence-electron chi connectivity index (χ0n) is 10.1. The van der Waals surface area contributed by atoms with Gasteiger partial charge in [-0.1, -0.05) is 12.1 Å². The molecule has 98 valence electrons. The summed E-state index contributed by atoms with van der Waals surface area (Å²) in [5.74, 6) is -0.544. The van der Waals surface area contributed by atoms with E-state index in [4.69, 9.17) is 5.11 Å². The first-order chi connectivity index (χ1) is 8.97. The summed E-state index contributed by atoms with van der Waals surface area (Å²) in [6.07, 6.45) is -0.183. The van der Waals surface area contributed by atoms with Crippen LogP contribution in [0.3, 0.4) is 0 Å². The first kappa shape index (κ1) is 12.7. The number of nitrogens with zero attached hydrogens (tertiary/aromatic N) is 2. The highest BCUT2D eigenvalue weighted by Gasteiger charge is 2.13. The van der Waals surface area contributed by atoms with Crippen LogP contribution < -0.4 is 0 Å². The maximum atomic E-state index is 10.7. The molecular weight excluding hydrogens is 250 g/mol. The highest BCUT2D eigenvalue weighted by atomic mass is 16.6. The van der Waals surface area contributed by atoms with Gasteiger partial charge in [0, 0.05) is 23.4 Å². The Balaban J connectivity index is 2.39. The summed E-state index contributed by atoms with van der Waals surface area (Å²) < 4.78 is 0. The molecule has 2 N–H and O–H groups in total. The van der Waals surface area contributed by atoms with Gasteiger partial charge in [0.15, 0.2) is 0 Å². The maximum Gasteiger partial charge on any atom is 0.309 e. The summed E-state index contributed by atoms with van der Waals surface area (Å²) in [5, 5.41) is 19.4. The molecule has 0 spiro atoms. The summed E-state index contributed by atoms with van der Waals surface area (Å²) in [4.78, 5) is 28.0. The lowest BCUT2D eigenvalue weighted by Crippen LogP contribution is -2.01. The maximum absolute atomic E-state index is 10.7. The van der Waals surface area contributed by atoms with Crippen LogP contribution in [-0.4, -0.2) is 26.0 Å². The number of benzene rings is 1. The van der Waals surface area contributed by atoms with Gasteiger partial charge < -0.3 is 10.1 Å². The fourth-order valence-electron chi connectivity index (χ4n) is 1.72. The molecule has 0 bridgehead atoms. The van der Waals surface area contributed by atoms with E-state index in [-0.39, 0.29) is 12.1 Å². The molecule has 7 heteroatoms. The van der Waals surface area contributed by atoms with Crippen molar-refractivity contribution < 1.29 is 14.8 Å². The third-order valence-corrected chi connectivity index (χ3v) is 2.63. The predicted octanol–water partition coefficient (Wildman–Crippen LogP) is 1.92. The number of rotatable bonds is 4. The van der Waals surface area contributed by atoms with Gasteiger partial charge in [0.1, 0.15) is 5.82 Å². The van der Waals surface area contributed by atoms with Gasteiger partial charge >= 0.3 is 5.97 Å². The van der Waals surface area contributed by atoms with Crippen molar-refractivity contribution in [3.8, 4) is 11.4 Å². The van der Waals surface area contributed by atoms with Gasteiger partial charge in [-0.25, -0.2) is 4.98 Å². The molecule has 0 atom stereocenters. The molecular formula is C12H11N3O4. The molecule has 0 saturated heterocycles. The second-order valence-electron chi connectivity index (χ2n) is 4.04. The summed E-state index contributed by atoms with van der Waals surface area (Å²) in [6, 6.07) is 6.01. The highest BCUT2D eigenvalue weighted by Crippen LogP contribution is 2.22.